The maximum atomic E-state index is 12.8. The Morgan fingerprint density at radius 3 is 2.09 bits per heavy atom. The number of para-hydroxylation sites is 1. The van der Waals surface area contributed by atoms with Gasteiger partial charge in [-0.1, -0.05) is 48.5 Å². The zero-order valence-corrected chi connectivity index (χ0v) is 13.0. The Bertz CT molecular complexity index is 684. The third kappa shape index (κ3) is 3.11. The number of rotatable bonds is 4. The molecule has 2 atom stereocenters. The van der Waals surface area contributed by atoms with Crippen LogP contribution in [0.15, 0.2) is 60.7 Å². The van der Waals surface area contributed by atoms with Crippen LogP contribution < -0.4 is 4.90 Å². The third-order valence-corrected chi connectivity index (χ3v) is 4.34. The number of ether oxygens (including phenoxy) is 1. The van der Waals surface area contributed by atoms with Crippen molar-refractivity contribution in [1.82, 2.24) is 0 Å². The molecule has 2 aromatic rings. The minimum Gasteiger partial charge on any atom is -0.469 e. The SMILES string of the molecule is COC(=O)[C@H]1CN(c2ccccc2)C[C@H]1C(=O)c1ccccc1. The summed E-state index contributed by atoms with van der Waals surface area (Å²) in [6.07, 6.45) is 0. The van der Waals surface area contributed by atoms with E-state index in [0.29, 0.717) is 18.7 Å². The van der Waals surface area contributed by atoms with Crippen molar-refractivity contribution in [3.05, 3.63) is 66.2 Å². The summed E-state index contributed by atoms with van der Waals surface area (Å²) in [5.74, 6) is -1.14. The summed E-state index contributed by atoms with van der Waals surface area (Å²) < 4.78 is 4.92. The first-order chi connectivity index (χ1) is 11.2. The van der Waals surface area contributed by atoms with Gasteiger partial charge in [0.15, 0.2) is 5.78 Å². The molecule has 0 radical (unpaired) electrons. The van der Waals surface area contributed by atoms with Gasteiger partial charge in [-0.15, -0.1) is 0 Å². The second kappa shape index (κ2) is 6.65. The molecule has 4 nitrogen and oxygen atoms in total. The van der Waals surface area contributed by atoms with E-state index in [1.54, 1.807) is 12.1 Å². The molecule has 0 bridgehead atoms. The number of carbonyl (C=O) groups excluding carboxylic acids is 2. The Labute approximate surface area is 135 Å². The third-order valence-electron chi connectivity index (χ3n) is 4.34. The summed E-state index contributed by atoms with van der Waals surface area (Å²) in [7, 11) is 1.37. The van der Waals surface area contributed by atoms with Gasteiger partial charge in [-0.05, 0) is 12.1 Å². The minimum absolute atomic E-state index is 0.000527. The fourth-order valence-corrected chi connectivity index (χ4v) is 3.13. The Kier molecular flexibility index (Phi) is 4.42. The highest BCUT2D eigenvalue weighted by Crippen LogP contribution is 2.31. The van der Waals surface area contributed by atoms with Crippen LogP contribution in [-0.4, -0.2) is 32.0 Å². The van der Waals surface area contributed by atoms with Crippen LogP contribution >= 0.6 is 0 Å². The molecule has 118 valence electrons. The quantitative estimate of drug-likeness (QED) is 0.643. The Hall–Kier alpha value is -2.62. The molecule has 0 aliphatic carbocycles. The fourth-order valence-electron chi connectivity index (χ4n) is 3.13. The van der Waals surface area contributed by atoms with Crippen LogP contribution in [0, 0.1) is 11.8 Å². The highest BCUT2D eigenvalue weighted by Gasteiger charge is 2.42. The number of carbonyl (C=O) groups is 2. The fraction of sp³-hybridized carbons (Fsp3) is 0.263. The normalized spacial score (nSPS) is 20.3. The molecule has 1 aliphatic heterocycles. The van der Waals surface area contributed by atoms with Crippen LogP contribution in [-0.2, 0) is 9.53 Å². The van der Waals surface area contributed by atoms with Crippen LogP contribution in [0.5, 0.6) is 0 Å². The number of Topliss-reactive ketones (excluding diaryl/α,β-unsaturated/α-hetero) is 1. The zero-order chi connectivity index (χ0) is 16.2. The first-order valence-corrected chi connectivity index (χ1v) is 7.68. The summed E-state index contributed by atoms with van der Waals surface area (Å²) in [6.45, 7) is 1.03. The molecule has 0 amide bonds. The van der Waals surface area contributed by atoms with Crippen LogP contribution in [0.3, 0.4) is 0 Å². The van der Waals surface area contributed by atoms with Gasteiger partial charge in [0, 0.05) is 24.3 Å². The van der Waals surface area contributed by atoms with Crippen LogP contribution in [0.1, 0.15) is 10.4 Å². The summed E-state index contributed by atoms with van der Waals surface area (Å²) in [5.41, 5.74) is 1.66. The van der Waals surface area contributed by atoms with Crippen LogP contribution in [0.25, 0.3) is 0 Å². The molecule has 1 fully saturated rings. The summed E-state index contributed by atoms with van der Waals surface area (Å²) in [4.78, 5) is 27.0. The van der Waals surface area contributed by atoms with E-state index in [1.165, 1.54) is 7.11 Å². The molecular weight excluding hydrogens is 290 g/mol. The van der Waals surface area contributed by atoms with Gasteiger partial charge in [0.1, 0.15) is 0 Å². The molecule has 0 unspecified atom stereocenters. The highest BCUT2D eigenvalue weighted by molar-refractivity contribution is 6.01. The van der Waals surface area contributed by atoms with E-state index >= 15 is 0 Å². The number of benzene rings is 2. The Balaban J connectivity index is 1.87. The maximum Gasteiger partial charge on any atom is 0.311 e. The first kappa shape index (κ1) is 15.3. The van der Waals surface area contributed by atoms with E-state index in [0.717, 1.165) is 5.69 Å². The predicted molar refractivity (Wildman–Crippen MR) is 88.4 cm³/mol. The van der Waals surface area contributed by atoms with Crippen molar-refractivity contribution >= 4 is 17.4 Å². The van der Waals surface area contributed by atoms with E-state index in [9.17, 15) is 9.59 Å². The molecule has 3 rings (SSSR count). The van der Waals surface area contributed by atoms with Crippen LogP contribution in [0.4, 0.5) is 5.69 Å². The van der Waals surface area contributed by atoms with Gasteiger partial charge in [0.05, 0.1) is 18.9 Å². The molecular formula is C19H19NO3. The largest absolute Gasteiger partial charge is 0.469 e. The second-order valence-electron chi connectivity index (χ2n) is 5.71. The highest BCUT2D eigenvalue weighted by atomic mass is 16.5. The lowest BCUT2D eigenvalue weighted by atomic mass is 9.88. The molecule has 0 saturated carbocycles. The number of nitrogens with zero attached hydrogens (tertiary/aromatic N) is 1. The van der Waals surface area contributed by atoms with Crippen molar-refractivity contribution in [2.45, 2.75) is 0 Å². The zero-order valence-electron chi connectivity index (χ0n) is 13.0. The van der Waals surface area contributed by atoms with E-state index in [4.69, 9.17) is 4.74 Å². The lowest BCUT2D eigenvalue weighted by Gasteiger charge is -2.18. The number of methoxy groups -OCH3 is 1. The van der Waals surface area contributed by atoms with E-state index in [2.05, 4.69) is 4.90 Å². The molecule has 2 aromatic carbocycles. The lowest BCUT2D eigenvalue weighted by Crippen LogP contribution is -2.29. The predicted octanol–water partition coefficient (Wildman–Crippen LogP) is 2.79. The monoisotopic (exact) mass is 309 g/mol. The molecule has 1 aliphatic rings. The molecule has 4 heteroatoms. The first-order valence-electron chi connectivity index (χ1n) is 7.68. The van der Waals surface area contributed by atoms with Gasteiger partial charge in [-0.3, -0.25) is 9.59 Å². The standard InChI is InChI=1S/C19H19NO3/c1-23-19(22)17-13-20(15-10-6-3-7-11-15)12-16(17)18(21)14-8-4-2-5-9-14/h2-11,16-17H,12-13H2,1H3/t16-,17+/m1/s1. The molecule has 23 heavy (non-hydrogen) atoms. The second-order valence-corrected chi connectivity index (χ2v) is 5.71. The summed E-state index contributed by atoms with van der Waals surface area (Å²) in [6, 6.07) is 19.0. The Morgan fingerprint density at radius 1 is 0.913 bits per heavy atom. The number of hydrogen-bond acceptors (Lipinski definition) is 4. The molecule has 1 heterocycles. The van der Waals surface area contributed by atoms with Crippen molar-refractivity contribution < 1.29 is 14.3 Å². The van der Waals surface area contributed by atoms with Gasteiger partial charge < -0.3 is 9.64 Å². The van der Waals surface area contributed by atoms with Crippen LogP contribution in [0.2, 0.25) is 0 Å². The van der Waals surface area contributed by atoms with Gasteiger partial charge in [0.25, 0.3) is 0 Å². The molecule has 0 spiro atoms. The van der Waals surface area contributed by atoms with Crippen molar-refractivity contribution in [3.63, 3.8) is 0 Å². The Morgan fingerprint density at radius 2 is 1.48 bits per heavy atom. The number of esters is 1. The smallest absolute Gasteiger partial charge is 0.311 e. The van der Waals surface area contributed by atoms with Crippen molar-refractivity contribution in [1.29, 1.82) is 0 Å². The van der Waals surface area contributed by atoms with Crippen molar-refractivity contribution in [2.24, 2.45) is 11.8 Å². The maximum absolute atomic E-state index is 12.8. The molecule has 0 aromatic heterocycles. The van der Waals surface area contributed by atoms with E-state index in [1.807, 2.05) is 48.5 Å². The van der Waals surface area contributed by atoms with Gasteiger partial charge in [-0.25, -0.2) is 0 Å². The van der Waals surface area contributed by atoms with E-state index < -0.39 is 5.92 Å². The van der Waals surface area contributed by atoms with Gasteiger partial charge in [-0.2, -0.15) is 0 Å². The number of ketones is 1. The summed E-state index contributed by atoms with van der Waals surface area (Å²) >= 11 is 0. The lowest BCUT2D eigenvalue weighted by molar-refractivity contribution is -0.145. The topological polar surface area (TPSA) is 46.6 Å². The number of hydrogen-bond donors (Lipinski definition) is 0. The van der Waals surface area contributed by atoms with Crippen molar-refractivity contribution in [3.8, 4) is 0 Å². The minimum atomic E-state index is -0.437. The van der Waals surface area contributed by atoms with Gasteiger partial charge >= 0.3 is 5.97 Å². The number of anilines is 1. The average molecular weight is 309 g/mol. The summed E-state index contributed by atoms with van der Waals surface area (Å²) in [5, 5.41) is 0. The molecule has 1 saturated heterocycles. The van der Waals surface area contributed by atoms with Crippen molar-refractivity contribution in [2.75, 3.05) is 25.1 Å². The van der Waals surface area contributed by atoms with E-state index in [-0.39, 0.29) is 17.7 Å². The molecule has 0 N–H and O–H groups in total. The van der Waals surface area contributed by atoms with Gasteiger partial charge in [0.2, 0.25) is 0 Å². The average Bonchev–Trinajstić information content (AvgIpc) is 3.07.